The Morgan fingerprint density at radius 2 is 2.30 bits per heavy atom. The van der Waals surface area contributed by atoms with E-state index in [9.17, 15) is 0 Å². The summed E-state index contributed by atoms with van der Waals surface area (Å²) in [4.78, 5) is 4.34. The Kier molecular flexibility index (Phi) is 3.76. The molecule has 1 atom stereocenters. The van der Waals surface area contributed by atoms with Crippen molar-refractivity contribution in [3.63, 3.8) is 0 Å². The SMILES string of the molecule is C[C@H](N)c1ccc(Br)cc1OCc1nc(C2CC2)no1. The van der Waals surface area contributed by atoms with Gasteiger partial charge in [0, 0.05) is 22.0 Å². The van der Waals surface area contributed by atoms with Crippen LogP contribution in [0.5, 0.6) is 5.75 Å². The minimum absolute atomic E-state index is 0.0946. The Morgan fingerprint density at radius 1 is 1.50 bits per heavy atom. The lowest BCUT2D eigenvalue weighted by molar-refractivity contribution is 0.240. The fourth-order valence-corrected chi connectivity index (χ4v) is 2.32. The van der Waals surface area contributed by atoms with Gasteiger partial charge in [0.25, 0.3) is 5.89 Å². The number of hydrogen-bond donors (Lipinski definition) is 1. The molecule has 1 aromatic carbocycles. The van der Waals surface area contributed by atoms with Crippen LogP contribution in [0.25, 0.3) is 0 Å². The van der Waals surface area contributed by atoms with Crippen molar-refractivity contribution in [3.8, 4) is 5.75 Å². The van der Waals surface area contributed by atoms with Gasteiger partial charge in [0.2, 0.25) is 0 Å². The zero-order valence-corrected chi connectivity index (χ0v) is 12.8. The second kappa shape index (κ2) is 5.54. The van der Waals surface area contributed by atoms with Crippen molar-refractivity contribution in [3.05, 3.63) is 40.0 Å². The average Bonchev–Trinajstić information content (AvgIpc) is 3.15. The number of nitrogens with two attached hydrogens (primary N) is 1. The van der Waals surface area contributed by atoms with E-state index >= 15 is 0 Å². The van der Waals surface area contributed by atoms with Gasteiger partial charge in [-0.1, -0.05) is 27.2 Å². The van der Waals surface area contributed by atoms with Gasteiger partial charge in [-0.05, 0) is 31.9 Å². The molecule has 1 heterocycles. The van der Waals surface area contributed by atoms with Crippen molar-refractivity contribution < 1.29 is 9.26 Å². The van der Waals surface area contributed by atoms with Gasteiger partial charge >= 0.3 is 0 Å². The predicted octanol–water partition coefficient (Wildman–Crippen LogP) is 3.31. The summed E-state index contributed by atoms with van der Waals surface area (Å²) in [6, 6.07) is 5.70. The molecule has 0 bridgehead atoms. The highest BCUT2D eigenvalue weighted by Crippen LogP contribution is 2.38. The molecule has 1 saturated carbocycles. The maximum absolute atomic E-state index is 5.94. The van der Waals surface area contributed by atoms with E-state index in [-0.39, 0.29) is 12.6 Å². The van der Waals surface area contributed by atoms with Gasteiger partial charge in [0.05, 0.1) is 0 Å². The molecule has 106 valence electrons. The lowest BCUT2D eigenvalue weighted by Crippen LogP contribution is -2.08. The summed E-state index contributed by atoms with van der Waals surface area (Å²) in [7, 11) is 0. The zero-order chi connectivity index (χ0) is 14.1. The molecular weight excluding hydrogens is 322 g/mol. The van der Waals surface area contributed by atoms with Crippen molar-refractivity contribution in [2.45, 2.75) is 38.3 Å². The minimum atomic E-state index is -0.0946. The number of ether oxygens (including phenoxy) is 1. The van der Waals surface area contributed by atoms with E-state index in [1.807, 2.05) is 25.1 Å². The monoisotopic (exact) mass is 337 g/mol. The molecule has 5 nitrogen and oxygen atoms in total. The van der Waals surface area contributed by atoms with E-state index in [1.54, 1.807) is 0 Å². The summed E-state index contributed by atoms with van der Waals surface area (Å²) in [5, 5.41) is 3.97. The lowest BCUT2D eigenvalue weighted by Gasteiger charge is -2.13. The highest BCUT2D eigenvalue weighted by atomic mass is 79.9. The van der Waals surface area contributed by atoms with Crippen LogP contribution in [-0.4, -0.2) is 10.1 Å². The largest absolute Gasteiger partial charge is 0.483 e. The summed E-state index contributed by atoms with van der Waals surface area (Å²) in [5.41, 5.74) is 6.89. The normalized spacial score (nSPS) is 16.1. The third kappa shape index (κ3) is 3.02. The minimum Gasteiger partial charge on any atom is -0.483 e. The van der Waals surface area contributed by atoms with E-state index < -0.39 is 0 Å². The Labute approximate surface area is 125 Å². The molecule has 2 aromatic rings. The molecule has 0 radical (unpaired) electrons. The second-order valence-corrected chi connectivity index (χ2v) is 6.00. The molecule has 0 spiro atoms. The maximum Gasteiger partial charge on any atom is 0.264 e. The van der Waals surface area contributed by atoms with Crippen LogP contribution in [0, 0.1) is 0 Å². The molecular formula is C14H16BrN3O2. The molecule has 0 aliphatic heterocycles. The van der Waals surface area contributed by atoms with Crippen LogP contribution in [0.1, 0.15) is 49.0 Å². The quantitative estimate of drug-likeness (QED) is 0.905. The van der Waals surface area contributed by atoms with Gasteiger partial charge in [-0.15, -0.1) is 0 Å². The Hall–Kier alpha value is -1.40. The Morgan fingerprint density at radius 3 is 3.00 bits per heavy atom. The third-order valence-electron chi connectivity index (χ3n) is 3.24. The van der Waals surface area contributed by atoms with Gasteiger partial charge < -0.3 is 15.0 Å². The van der Waals surface area contributed by atoms with Crippen LogP contribution < -0.4 is 10.5 Å². The fraction of sp³-hybridized carbons (Fsp3) is 0.429. The van der Waals surface area contributed by atoms with Crippen molar-refractivity contribution in [2.24, 2.45) is 5.73 Å². The Balaban J connectivity index is 1.71. The first-order valence-corrected chi connectivity index (χ1v) is 7.43. The molecule has 1 aliphatic carbocycles. The van der Waals surface area contributed by atoms with E-state index in [0.717, 1.165) is 34.5 Å². The highest BCUT2D eigenvalue weighted by Gasteiger charge is 2.28. The molecule has 0 saturated heterocycles. The first kappa shape index (κ1) is 13.6. The molecule has 1 fully saturated rings. The van der Waals surface area contributed by atoms with Crippen molar-refractivity contribution in [2.75, 3.05) is 0 Å². The first-order chi connectivity index (χ1) is 9.63. The summed E-state index contributed by atoms with van der Waals surface area (Å²) in [6.07, 6.45) is 2.31. The average molecular weight is 338 g/mol. The van der Waals surface area contributed by atoms with Gasteiger partial charge in [-0.2, -0.15) is 4.98 Å². The van der Waals surface area contributed by atoms with Gasteiger partial charge in [-0.3, -0.25) is 0 Å². The van der Waals surface area contributed by atoms with Crippen LogP contribution >= 0.6 is 15.9 Å². The predicted molar refractivity (Wildman–Crippen MR) is 77.3 cm³/mol. The zero-order valence-electron chi connectivity index (χ0n) is 11.2. The topological polar surface area (TPSA) is 74.2 Å². The Bertz CT molecular complexity index is 608. The summed E-state index contributed by atoms with van der Waals surface area (Å²) >= 11 is 3.43. The second-order valence-electron chi connectivity index (χ2n) is 5.08. The molecule has 20 heavy (non-hydrogen) atoms. The standard InChI is InChI=1S/C14H16BrN3O2/c1-8(16)11-5-4-10(15)6-12(11)19-7-13-17-14(18-20-13)9-2-3-9/h4-6,8-9H,2-3,7,16H2,1H3/t8-/m0/s1. The van der Waals surface area contributed by atoms with Crippen molar-refractivity contribution in [1.82, 2.24) is 10.1 Å². The number of halogens is 1. The number of hydrogen-bond acceptors (Lipinski definition) is 5. The number of rotatable bonds is 5. The highest BCUT2D eigenvalue weighted by molar-refractivity contribution is 9.10. The smallest absolute Gasteiger partial charge is 0.264 e. The third-order valence-corrected chi connectivity index (χ3v) is 3.74. The molecule has 0 unspecified atom stereocenters. The van der Waals surface area contributed by atoms with Crippen LogP contribution in [0.3, 0.4) is 0 Å². The van der Waals surface area contributed by atoms with Crippen LogP contribution in [0.2, 0.25) is 0 Å². The molecule has 0 amide bonds. The van der Waals surface area contributed by atoms with Crippen molar-refractivity contribution in [1.29, 1.82) is 0 Å². The van der Waals surface area contributed by atoms with Crippen molar-refractivity contribution >= 4 is 15.9 Å². The van der Waals surface area contributed by atoms with Crippen LogP contribution in [0.4, 0.5) is 0 Å². The van der Waals surface area contributed by atoms with E-state index in [4.69, 9.17) is 15.0 Å². The van der Waals surface area contributed by atoms with Gasteiger partial charge in [0.15, 0.2) is 12.4 Å². The maximum atomic E-state index is 5.94. The van der Waals surface area contributed by atoms with E-state index in [2.05, 4.69) is 26.1 Å². The fourth-order valence-electron chi connectivity index (χ4n) is 1.98. The van der Waals surface area contributed by atoms with Crippen LogP contribution in [-0.2, 0) is 6.61 Å². The molecule has 2 N–H and O–H groups in total. The van der Waals surface area contributed by atoms with Gasteiger partial charge in [0.1, 0.15) is 5.75 Å². The van der Waals surface area contributed by atoms with Gasteiger partial charge in [-0.25, -0.2) is 0 Å². The van der Waals surface area contributed by atoms with E-state index in [0.29, 0.717) is 11.8 Å². The molecule has 1 aliphatic rings. The molecule has 6 heteroatoms. The molecule has 1 aromatic heterocycles. The lowest BCUT2D eigenvalue weighted by atomic mass is 10.1. The number of aromatic nitrogens is 2. The molecule has 3 rings (SSSR count). The van der Waals surface area contributed by atoms with E-state index in [1.165, 1.54) is 0 Å². The summed E-state index contributed by atoms with van der Waals surface area (Å²) in [6.45, 7) is 2.18. The van der Waals surface area contributed by atoms with Crippen LogP contribution in [0.15, 0.2) is 27.2 Å². The number of nitrogens with zero attached hydrogens (tertiary/aromatic N) is 2. The first-order valence-electron chi connectivity index (χ1n) is 6.64. The number of benzene rings is 1. The summed E-state index contributed by atoms with van der Waals surface area (Å²) in [5.74, 6) is 2.52. The summed E-state index contributed by atoms with van der Waals surface area (Å²) < 4.78 is 11.9.